The van der Waals surface area contributed by atoms with Crippen molar-refractivity contribution in [3.8, 4) is 0 Å². The van der Waals surface area contributed by atoms with Crippen molar-refractivity contribution in [3.05, 3.63) is 12.2 Å². The molecule has 1 aliphatic rings. The minimum Gasteiger partial charge on any atom is -0.298 e. The van der Waals surface area contributed by atoms with Crippen LogP contribution in [-0.4, -0.2) is 23.1 Å². The average molecular weight is 511 g/mol. The van der Waals surface area contributed by atoms with Crippen molar-refractivity contribution in [2.24, 2.45) is 17.3 Å². The highest BCUT2D eigenvalue weighted by Crippen LogP contribution is 2.45. The molecule has 0 fully saturated rings. The van der Waals surface area contributed by atoms with Crippen molar-refractivity contribution in [2.45, 2.75) is 150 Å². The van der Waals surface area contributed by atoms with E-state index in [9.17, 15) is 9.59 Å². The van der Waals surface area contributed by atoms with Gasteiger partial charge in [-0.25, -0.2) is 9.59 Å². The van der Waals surface area contributed by atoms with Gasteiger partial charge in [0.05, 0.1) is 5.41 Å². The molecule has 1 aliphatic carbocycles. The molecular weight excluding hydrogens is 456 g/mol. The van der Waals surface area contributed by atoms with Crippen molar-refractivity contribution in [1.29, 1.82) is 0 Å². The van der Waals surface area contributed by atoms with Gasteiger partial charge in [-0.15, -0.1) is 0 Å². The van der Waals surface area contributed by atoms with E-state index in [-0.39, 0.29) is 17.9 Å². The van der Waals surface area contributed by atoms with E-state index < -0.39 is 16.6 Å². The molecule has 3 unspecified atom stereocenters. The number of allylic oxidation sites excluding steroid dienone is 2. The lowest BCUT2D eigenvalue weighted by atomic mass is 9.65. The molecule has 0 radical (unpaired) electrons. The summed E-state index contributed by atoms with van der Waals surface area (Å²) in [6.07, 6.45) is 17.7. The van der Waals surface area contributed by atoms with Gasteiger partial charge < -0.3 is 0 Å². The van der Waals surface area contributed by atoms with Crippen molar-refractivity contribution in [3.63, 3.8) is 0 Å². The van der Waals surface area contributed by atoms with Gasteiger partial charge in [-0.3, -0.25) is 9.78 Å². The number of rotatable bonds is 16. The zero-order valence-corrected chi connectivity index (χ0v) is 24.5. The predicted octanol–water partition coefficient (Wildman–Crippen LogP) is 8.43. The standard InChI is InChI=1S/C30H54O6/c1-9-10-11-15-18-24-21-22-25(30(8,23-24)27(32)34-36-29(5,6)7)19-16-13-12-14-17-20-26(31)33-35-28(2,3)4/h21-22,24-25H,9-20,23H2,1-8H3. The summed E-state index contributed by atoms with van der Waals surface area (Å²) in [5.74, 6) is -0.00751. The minimum absolute atomic E-state index is 0.144. The van der Waals surface area contributed by atoms with Gasteiger partial charge in [0.2, 0.25) is 0 Å². The van der Waals surface area contributed by atoms with Crippen LogP contribution in [0.1, 0.15) is 139 Å². The Hall–Kier alpha value is -1.40. The maximum absolute atomic E-state index is 13.2. The maximum Gasteiger partial charge on any atom is 0.348 e. The highest BCUT2D eigenvalue weighted by atomic mass is 17.2. The van der Waals surface area contributed by atoms with Crippen molar-refractivity contribution in [2.75, 3.05) is 0 Å². The molecule has 6 nitrogen and oxygen atoms in total. The lowest BCUT2D eigenvalue weighted by molar-refractivity contribution is -0.328. The van der Waals surface area contributed by atoms with Crippen LogP contribution in [-0.2, 0) is 29.1 Å². The van der Waals surface area contributed by atoms with Crippen molar-refractivity contribution in [1.82, 2.24) is 0 Å². The molecule has 1 rings (SSSR count). The molecule has 0 amide bonds. The first-order valence-electron chi connectivity index (χ1n) is 14.2. The first-order valence-corrected chi connectivity index (χ1v) is 14.2. The molecule has 36 heavy (non-hydrogen) atoms. The fourth-order valence-electron chi connectivity index (χ4n) is 4.58. The monoisotopic (exact) mass is 510 g/mol. The van der Waals surface area contributed by atoms with E-state index in [2.05, 4.69) is 26.0 Å². The highest BCUT2D eigenvalue weighted by molar-refractivity contribution is 5.77. The summed E-state index contributed by atoms with van der Waals surface area (Å²) in [6.45, 7) is 15.5. The van der Waals surface area contributed by atoms with Crippen molar-refractivity contribution < 1.29 is 29.1 Å². The SMILES string of the molecule is CCCCCCC1C=CC(CCCCCCCC(=O)OOC(C)(C)C)C(C)(C(=O)OOC(C)(C)C)C1. The van der Waals surface area contributed by atoms with E-state index in [1.54, 1.807) is 0 Å². The Morgan fingerprint density at radius 3 is 1.97 bits per heavy atom. The molecule has 0 aliphatic heterocycles. The van der Waals surface area contributed by atoms with Crippen LogP contribution in [0.25, 0.3) is 0 Å². The molecule has 0 aromatic carbocycles. The molecule has 6 heteroatoms. The van der Waals surface area contributed by atoms with E-state index in [0.717, 1.165) is 51.4 Å². The molecule has 0 spiro atoms. The summed E-state index contributed by atoms with van der Waals surface area (Å²) in [5.41, 5.74) is -1.60. The Kier molecular flexibility index (Phi) is 14.3. The van der Waals surface area contributed by atoms with Gasteiger partial charge in [-0.2, -0.15) is 9.78 Å². The number of carbonyl (C=O) groups is 2. The summed E-state index contributed by atoms with van der Waals surface area (Å²) in [6, 6.07) is 0. The second-order valence-electron chi connectivity index (χ2n) is 12.7. The van der Waals surface area contributed by atoms with E-state index in [4.69, 9.17) is 19.6 Å². The smallest absolute Gasteiger partial charge is 0.298 e. The van der Waals surface area contributed by atoms with Crippen LogP contribution in [0.3, 0.4) is 0 Å². The molecule has 0 saturated carbocycles. The van der Waals surface area contributed by atoms with Gasteiger partial charge in [0.1, 0.15) is 11.2 Å². The van der Waals surface area contributed by atoms with Gasteiger partial charge in [-0.05, 0) is 86.0 Å². The summed E-state index contributed by atoms with van der Waals surface area (Å²) >= 11 is 0. The van der Waals surface area contributed by atoms with E-state index in [0.29, 0.717) is 12.3 Å². The largest absolute Gasteiger partial charge is 0.348 e. The molecule has 0 heterocycles. The first kappa shape index (κ1) is 32.6. The molecule has 210 valence electrons. The van der Waals surface area contributed by atoms with E-state index >= 15 is 0 Å². The molecule has 0 aromatic rings. The van der Waals surface area contributed by atoms with Crippen LogP contribution in [0.15, 0.2) is 12.2 Å². The summed E-state index contributed by atoms with van der Waals surface area (Å²) in [5, 5.41) is 0. The predicted molar refractivity (Wildman–Crippen MR) is 144 cm³/mol. The second kappa shape index (κ2) is 15.8. The third-order valence-electron chi connectivity index (χ3n) is 6.66. The molecule has 0 bridgehead atoms. The maximum atomic E-state index is 13.2. The van der Waals surface area contributed by atoms with Crippen LogP contribution in [0, 0.1) is 17.3 Å². The topological polar surface area (TPSA) is 71.1 Å². The zero-order chi connectivity index (χ0) is 27.2. The number of hydrogen-bond acceptors (Lipinski definition) is 6. The molecule has 0 N–H and O–H groups in total. The van der Waals surface area contributed by atoms with Crippen molar-refractivity contribution >= 4 is 11.9 Å². The Balaban J connectivity index is 2.52. The Labute approximate surface area is 220 Å². The summed E-state index contributed by atoms with van der Waals surface area (Å²) < 4.78 is 0. The Bertz CT molecular complexity index is 672. The third kappa shape index (κ3) is 13.8. The fourth-order valence-corrected chi connectivity index (χ4v) is 4.58. The first-order chi connectivity index (χ1) is 16.8. The number of carbonyl (C=O) groups excluding carboxylic acids is 2. The lowest BCUT2D eigenvalue weighted by Gasteiger charge is -2.39. The van der Waals surface area contributed by atoms with Gasteiger partial charge in [0, 0.05) is 6.42 Å². The molecule has 3 atom stereocenters. The van der Waals surface area contributed by atoms with Gasteiger partial charge in [0.25, 0.3) is 0 Å². The fraction of sp³-hybridized carbons (Fsp3) is 0.867. The Morgan fingerprint density at radius 1 is 0.778 bits per heavy atom. The summed E-state index contributed by atoms with van der Waals surface area (Å²) in [4.78, 5) is 45.7. The Morgan fingerprint density at radius 2 is 1.33 bits per heavy atom. The van der Waals surface area contributed by atoms with Gasteiger partial charge in [-0.1, -0.05) is 70.4 Å². The third-order valence-corrected chi connectivity index (χ3v) is 6.66. The molecule has 0 saturated heterocycles. The highest BCUT2D eigenvalue weighted by Gasteiger charge is 2.45. The average Bonchev–Trinajstić information content (AvgIpc) is 2.78. The number of hydrogen-bond donors (Lipinski definition) is 0. The van der Waals surface area contributed by atoms with Gasteiger partial charge in [0.15, 0.2) is 0 Å². The summed E-state index contributed by atoms with van der Waals surface area (Å²) in [7, 11) is 0. The van der Waals surface area contributed by atoms with Gasteiger partial charge >= 0.3 is 11.9 Å². The minimum atomic E-state index is -0.577. The van der Waals surface area contributed by atoms with E-state index in [1.165, 1.54) is 25.7 Å². The quantitative estimate of drug-likeness (QED) is 0.0898. The van der Waals surface area contributed by atoms with Crippen LogP contribution in [0.5, 0.6) is 0 Å². The van der Waals surface area contributed by atoms with Crippen LogP contribution >= 0.6 is 0 Å². The second-order valence-corrected chi connectivity index (χ2v) is 12.7. The zero-order valence-electron chi connectivity index (χ0n) is 24.5. The number of unbranched alkanes of at least 4 members (excludes halogenated alkanes) is 7. The lowest BCUT2D eigenvalue weighted by Crippen LogP contribution is -2.41. The molecule has 0 aromatic heterocycles. The molecular formula is C30H54O6. The van der Waals surface area contributed by atoms with E-state index in [1.807, 2.05) is 41.5 Å². The van der Waals surface area contributed by atoms with Crippen LogP contribution < -0.4 is 0 Å². The van der Waals surface area contributed by atoms with Crippen LogP contribution in [0.2, 0.25) is 0 Å². The normalized spacial score (nSPS) is 22.4. The van der Waals surface area contributed by atoms with Crippen LogP contribution in [0.4, 0.5) is 0 Å².